The van der Waals surface area contributed by atoms with E-state index in [1.807, 2.05) is 18.2 Å². The van der Waals surface area contributed by atoms with E-state index in [0.717, 1.165) is 17.5 Å². The molecule has 0 radical (unpaired) electrons. The SMILES string of the molecule is O=Cc1ccc(C2Nc3ccccc3S2)cn1. The molecule has 2 aromatic rings. The minimum atomic E-state index is 0.181. The number of aromatic nitrogens is 1. The average Bonchev–Trinajstić information content (AvgIpc) is 2.82. The molecular weight excluding hydrogens is 232 g/mol. The lowest BCUT2D eigenvalue weighted by atomic mass is 10.2. The number of benzene rings is 1. The van der Waals surface area contributed by atoms with Gasteiger partial charge in [0.25, 0.3) is 0 Å². The van der Waals surface area contributed by atoms with Crippen molar-refractivity contribution >= 4 is 23.7 Å². The molecule has 2 heterocycles. The van der Waals surface area contributed by atoms with E-state index in [-0.39, 0.29) is 5.37 Å². The van der Waals surface area contributed by atoms with Crippen LogP contribution in [0.3, 0.4) is 0 Å². The van der Waals surface area contributed by atoms with Crippen molar-refractivity contribution in [2.75, 3.05) is 5.32 Å². The highest BCUT2D eigenvalue weighted by Gasteiger charge is 2.22. The summed E-state index contributed by atoms with van der Waals surface area (Å²) in [5.74, 6) is 0. The number of pyridine rings is 1. The lowest BCUT2D eigenvalue weighted by Crippen LogP contribution is -2.02. The molecule has 0 saturated carbocycles. The number of nitrogens with one attached hydrogen (secondary N) is 1. The zero-order valence-electron chi connectivity index (χ0n) is 8.96. The summed E-state index contributed by atoms with van der Waals surface area (Å²) in [6.45, 7) is 0. The molecule has 1 atom stereocenters. The Morgan fingerprint density at radius 2 is 2.12 bits per heavy atom. The standard InChI is InChI=1S/C13H10N2OS/c16-8-10-6-5-9(7-14-10)13-15-11-3-1-2-4-12(11)17-13/h1-8,13,15H. The number of aldehydes is 1. The molecule has 0 saturated heterocycles. The van der Waals surface area contributed by atoms with Gasteiger partial charge in [-0.2, -0.15) is 0 Å². The van der Waals surface area contributed by atoms with Crippen molar-refractivity contribution in [3.63, 3.8) is 0 Å². The fraction of sp³-hybridized carbons (Fsp3) is 0.0769. The molecule has 4 heteroatoms. The lowest BCUT2D eigenvalue weighted by molar-refractivity contribution is 0.111. The third kappa shape index (κ3) is 1.91. The highest BCUT2D eigenvalue weighted by Crippen LogP contribution is 2.45. The number of carbonyl (C=O) groups is 1. The molecule has 0 aliphatic carbocycles. The zero-order valence-corrected chi connectivity index (χ0v) is 9.78. The fourth-order valence-electron chi connectivity index (χ4n) is 1.78. The molecule has 3 rings (SSSR count). The Morgan fingerprint density at radius 1 is 1.24 bits per heavy atom. The smallest absolute Gasteiger partial charge is 0.168 e. The van der Waals surface area contributed by atoms with E-state index >= 15 is 0 Å². The molecule has 1 unspecified atom stereocenters. The molecule has 1 aliphatic rings. The second-order valence-electron chi connectivity index (χ2n) is 3.77. The maximum absolute atomic E-state index is 10.5. The molecule has 84 valence electrons. The first-order chi connectivity index (χ1) is 8.36. The predicted molar refractivity (Wildman–Crippen MR) is 68.3 cm³/mol. The molecule has 0 spiro atoms. The molecule has 0 fully saturated rings. The number of anilines is 1. The van der Waals surface area contributed by atoms with Gasteiger partial charge in [0.15, 0.2) is 6.29 Å². The summed E-state index contributed by atoms with van der Waals surface area (Å²) in [6, 6.07) is 11.9. The van der Waals surface area contributed by atoms with E-state index in [1.165, 1.54) is 4.90 Å². The Balaban J connectivity index is 1.86. The van der Waals surface area contributed by atoms with Gasteiger partial charge >= 0.3 is 0 Å². The van der Waals surface area contributed by atoms with Crippen LogP contribution in [0.15, 0.2) is 47.5 Å². The van der Waals surface area contributed by atoms with Crippen LogP contribution in [0, 0.1) is 0 Å². The summed E-state index contributed by atoms with van der Waals surface area (Å²) in [7, 11) is 0. The second kappa shape index (κ2) is 4.22. The van der Waals surface area contributed by atoms with Gasteiger partial charge in [-0.1, -0.05) is 30.0 Å². The van der Waals surface area contributed by atoms with Gasteiger partial charge in [0.2, 0.25) is 0 Å². The molecule has 1 N–H and O–H groups in total. The van der Waals surface area contributed by atoms with E-state index in [0.29, 0.717) is 5.69 Å². The number of para-hydroxylation sites is 1. The van der Waals surface area contributed by atoms with Gasteiger partial charge in [0.1, 0.15) is 11.1 Å². The van der Waals surface area contributed by atoms with Crippen LogP contribution in [0.2, 0.25) is 0 Å². The number of fused-ring (bicyclic) bond motifs is 1. The van der Waals surface area contributed by atoms with Gasteiger partial charge in [-0.25, -0.2) is 0 Å². The first-order valence-corrected chi connectivity index (χ1v) is 6.18. The van der Waals surface area contributed by atoms with Crippen LogP contribution in [0.4, 0.5) is 5.69 Å². The molecule has 0 bridgehead atoms. The van der Waals surface area contributed by atoms with Gasteiger partial charge in [0.05, 0.1) is 0 Å². The summed E-state index contributed by atoms with van der Waals surface area (Å²) in [4.78, 5) is 15.9. The lowest BCUT2D eigenvalue weighted by Gasteiger charge is -2.09. The van der Waals surface area contributed by atoms with E-state index in [4.69, 9.17) is 0 Å². The maximum atomic E-state index is 10.5. The van der Waals surface area contributed by atoms with Crippen molar-refractivity contribution in [1.29, 1.82) is 0 Å². The minimum absolute atomic E-state index is 0.181. The van der Waals surface area contributed by atoms with Gasteiger partial charge in [0, 0.05) is 22.3 Å². The number of carbonyl (C=O) groups excluding carboxylic acids is 1. The summed E-state index contributed by atoms with van der Waals surface area (Å²) in [5, 5.41) is 3.60. The molecule has 1 aromatic carbocycles. The van der Waals surface area contributed by atoms with Crippen LogP contribution in [0.25, 0.3) is 0 Å². The largest absolute Gasteiger partial charge is 0.368 e. The van der Waals surface area contributed by atoms with Crippen molar-refractivity contribution in [2.24, 2.45) is 0 Å². The molecule has 1 aromatic heterocycles. The minimum Gasteiger partial charge on any atom is -0.368 e. The zero-order chi connectivity index (χ0) is 11.7. The fourth-order valence-corrected chi connectivity index (χ4v) is 2.91. The van der Waals surface area contributed by atoms with E-state index in [9.17, 15) is 4.79 Å². The Kier molecular flexibility index (Phi) is 2.57. The molecular formula is C13H10N2OS. The van der Waals surface area contributed by atoms with Crippen molar-refractivity contribution in [3.8, 4) is 0 Å². The van der Waals surface area contributed by atoms with Gasteiger partial charge < -0.3 is 5.32 Å². The van der Waals surface area contributed by atoms with E-state index < -0.39 is 0 Å². The second-order valence-corrected chi connectivity index (χ2v) is 4.92. The normalized spacial score (nSPS) is 17.3. The van der Waals surface area contributed by atoms with Crippen LogP contribution in [0.5, 0.6) is 0 Å². The summed E-state index contributed by atoms with van der Waals surface area (Å²) in [6.07, 6.45) is 2.51. The quantitative estimate of drug-likeness (QED) is 0.822. The van der Waals surface area contributed by atoms with Crippen molar-refractivity contribution in [1.82, 2.24) is 4.98 Å². The van der Waals surface area contributed by atoms with Crippen LogP contribution in [-0.2, 0) is 0 Å². The van der Waals surface area contributed by atoms with Crippen molar-refractivity contribution in [2.45, 2.75) is 10.3 Å². The first-order valence-electron chi connectivity index (χ1n) is 5.30. The van der Waals surface area contributed by atoms with Gasteiger partial charge in [-0.3, -0.25) is 9.78 Å². The number of thioether (sulfide) groups is 1. The Bertz CT molecular complexity index is 529. The molecule has 1 aliphatic heterocycles. The molecule has 0 amide bonds. The molecule has 3 nitrogen and oxygen atoms in total. The molecule has 17 heavy (non-hydrogen) atoms. The summed E-state index contributed by atoms with van der Waals surface area (Å²) >= 11 is 1.76. The summed E-state index contributed by atoms with van der Waals surface area (Å²) in [5.41, 5.74) is 2.70. The maximum Gasteiger partial charge on any atom is 0.168 e. The average molecular weight is 242 g/mol. The van der Waals surface area contributed by atoms with Crippen LogP contribution in [0.1, 0.15) is 21.4 Å². The highest BCUT2D eigenvalue weighted by atomic mass is 32.2. The number of hydrogen-bond donors (Lipinski definition) is 1. The van der Waals surface area contributed by atoms with Gasteiger partial charge in [-0.05, 0) is 18.2 Å². The van der Waals surface area contributed by atoms with Crippen molar-refractivity contribution < 1.29 is 4.79 Å². The van der Waals surface area contributed by atoms with E-state index in [1.54, 1.807) is 24.0 Å². The number of hydrogen-bond acceptors (Lipinski definition) is 4. The predicted octanol–water partition coefficient (Wildman–Crippen LogP) is 3.11. The Labute approximate surface area is 103 Å². The number of rotatable bonds is 2. The Morgan fingerprint density at radius 3 is 2.82 bits per heavy atom. The summed E-state index contributed by atoms with van der Waals surface area (Å²) < 4.78 is 0. The monoisotopic (exact) mass is 242 g/mol. The van der Waals surface area contributed by atoms with Gasteiger partial charge in [-0.15, -0.1) is 0 Å². The van der Waals surface area contributed by atoms with E-state index in [2.05, 4.69) is 22.4 Å². The van der Waals surface area contributed by atoms with Crippen molar-refractivity contribution in [3.05, 3.63) is 53.9 Å². The topological polar surface area (TPSA) is 42.0 Å². The number of nitrogens with zero attached hydrogens (tertiary/aromatic N) is 1. The third-order valence-corrected chi connectivity index (χ3v) is 3.89. The first kappa shape index (κ1) is 10.4. The van der Waals surface area contributed by atoms with Crippen LogP contribution < -0.4 is 5.32 Å². The van der Waals surface area contributed by atoms with Crippen LogP contribution in [-0.4, -0.2) is 11.3 Å². The Hall–Kier alpha value is -1.81. The third-order valence-electron chi connectivity index (χ3n) is 2.65. The van der Waals surface area contributed by atoms with Crippen LogP contribution >= 0.6 is 11.8 Å². The highest BCUT2D eigenvalue weighted by molar-refractivity contribution is 8.00.